The van der Waals surface area contributed by atoms with E-state index in [0.29, 0.717) is 37.8 Å². The molecule has 0 saturated carbocycles. The maximum atomic E-state index is 12.5. The Morgan fingerprint density at radius 1 is 1.25 bits per heavy atom. The Balaban J connectivity index is 1.34. The molecule has 1 saturated heterocycles. The minimum absolute atomic E-state index is 0.0222. The molecule has 1 fully saturated rings. The molecule has 0 N–H and O–H groups in total. The number of carbonyl (C=O) groups is 1. The molecule has 1 amide bonds. The van der Waals surface area contributed by atoms with E-state index in [4.69, 9.17) is 14.0 Å². The van der Waals surface area contributed by atoms with Crippen LogP contribution in [0.1, 0.15) is 29.4 Å². The number of hydrogen-bond acceptors (Lipinski definition) is 9. The highest BCUT2D eigenvalue weighted by Gasteiger charge is 2.24. The number of anilines is 1. The molecule has 0 aromatic carbocycles. The zero-order valence-corrected chi connectivity index (χ0v) is 16.0. The summed E-state index contributed by atoms with van der Waals surface area (Å²) >= 11 is 0. The number of nitrogens with zero attached hydrogens (tertiary/aromatic N) is 6. The standard InChI is InChI=1S/C18H24N6O4/c1-13-19-17(28-22-13)11-27-12-18(25)24-5-3-15-14(10-24)9-16(21-20-15)23-4-2-7-26-8-6-23/h9H,2-8,10-12H2,1H3. The summed E-state index contributed by atoms with van der Waals surface area (Å²) in [5.41, 5.74) is 2.00. The summed E-state index contributed by atoms with van der Waals surface area (Å²) in [7, 11) is 0. The first-order valence-corrected chi connectivity index (χ1v) is 9.52. The van der Waals surface area contributed by atoms with E-state index in [9.17, 15) is 4.79 Å². The Morgan fingerprint density at radius 2 is 2.18 bits per heavy atom. The second-order valence-electron chi connectivity index (χ2n) is 6.92. The van der Waals surface area contributed by atoms with E-state index in [0.717, 1.165) is 43.2 Å². The molecule has 2 aliphatic rings. The van der Waals surface area contributed by atoms with Gasteiger partial charge in [-0.3, -0.25) is 4.79 Å². The smallest absolute Gasteiger partial charge is 0.252 e. The number of hydrogen-bond donors (Lipinski definition) is 0. The lowest BCUT2D eigenvalue weighted by atomic mass is 10.1. The lowest BCUT2D eigenvalue weighted by Crippen LogP contribution is -2.39. The molecule has 10 nitrogen and oxygen atoms in total. The van der Waals surface area contributed by atoms with Crippen LogP contribution in [0.15, 0.2) is 10.6 Å². The van der Waals surface area contributed by atoms with Crippen molar-refractivity contribution in [1.29, 1.82) is 0 Å². The molecule has 2 aromatic heterocycles. The molecule has 0 spiro atoms. The Hall–Kier alpha value is -2.59. The quantitative estimate of drug-likeness (QED) is 0.723. The molecule has 2 aromatic rings. The van der Waals surface area contributed by atoms with Crippen LogP contribution in [-0.2, 0) is 33.8 Å². The first-order valence-electron chi connectivity index (χ1n) is 9.52. The van der Waals surface area contributed by atoms with Crippen molar-refractivity contribution in [1.82, 2.24) is 25.2 Å². The van der Waals surface area contributed by atoms with Gasteiger partial charge in [0, 0.05) is 39.2 Å². The van der Waals surface area contributed by atoms with E-state index >= 15 is 0 Å². The summed E-state index contributed by atoms with van der Waals surface area (Å²) in [5, 5.41) is 12.5. The number of rotatable bonds is 5. The number of aryl methyl sites for hydroxylation is 1. The van der Waals surface area contributed by atoms with Gasteiger partial charge in [0.2, 0.25) is 5.91 Å². The largest absolute Gasteiger partial charge is 0.380 e. The summed E-state index contributed by atoms with van der Waals surface area (Å²) in [6.45, 7) is 6.15. The molecule has 150 valence electrons. The summed E-state index contributed by atoms with van der Waals surface area (Å²) in [4.78, 5) is 20.5. The molecule has 0 aliphatic carbocycles. The van der Waals surface area contributed by atoms with Gasteiger partial charge in [-0.05, 0) is 25.0 Å². The van der Waals surface area contributed by atoms with E-state index in [1.54, 1.807) is 11.8 Å². The fraction of sp³-hybridized carbons (Fsp3) is 0.611. The van der Waals surface area contributed by atoms with Crippen molar-refractivity contribution in [2.24, 2.45) is 0 Å². The predicted octanol–water partition coefficient (Wildman–Crippen LogP) is 0.496. The van der Waals surface area contributed by atoms with Gasteiger partial charge < -0.3 is 23.8 Å². The lowest BCUT2D eigenvalue weighted by Gasteiger charge is -2.29. The first-order chi connectivity index (χ1) is 13.7. The lowest BCUT2D eigenvalue weighted by molar-refractivity contribution is -0.137. The van der Waals surface area contributed by atoms with Gasteiger partial charge in [-0.1, -0.05) is 5.16 Å². The molecule has 0 radical (unpaired) electrons. The molecule has 4 heterocycles. The Bertz CT molecular complexity index is 818. The van der Waals surface area contributed by atoms with Crippen LogP contribution in [0.4, 0.5) is 5.82 Å². The van der Waals surface area contributed by atoms with Crippen LogP contribution in [0.3, 0.4) is 0 Å². The molecule has 0 atom stereocenters. The highest BCUT2D eigenvalue weighted by Crippen LogP contribution is 2.21. The van der Waals surface area contributed by atoms with Gasteiger partial charge >= 0.3 is 0 Å². The van der Waals surface area contributed by atoms with Gasteiger partial charge in [0.05, 0.1) is 12.3 Å². The van der Waals surface area contributed by atoms with Crippen molar-refractivity contribution in [3.8, 4) is 0 Å². The number of fused-ring (bicyclic) bond motifs is 1. The minimum Gasteiger partial charge on any atom is -0.380 e. The van der Waals surface area contributed by atoms with Gasteiger partial charge in [-0.2, -0.15) is 10.1 Å². The molecular weight excluding hydrogens is 364 g/mol. The average molecular weight is 388 g/mol. The molecule has 0 unspecified atom stereocenters. The normalized spacial score (nSPS) is 17.3. The molecule has 4 rings (SSSR count). The van der Waals surface area contributed by atoms with E-state index in [1.165, 1.54) is 0 Å². The zero-order valence-electron chi connectivity index (χ0n) is 16.0. The molecular formula is C18H24N6O4. The number of amides is 1. The maximum Gasteiger partial charge on any atom is 0.252 e. The molecule has 2 aliphatic heterocycles. The fourth-order valence-electron chi connectivity index (χ4n) is 3.38. The highest BCUT2D eigenvalue weighted by atomic mass is 16.5. The summed E-state index contributed by atoms with van der Waals surface area (Å²) in [6, 6.07) is 2.05. The van der Waals surface area contributed by atoms with E-state index in [-0.39, 0.29) is 19.1 Å². The molecule has 0 bridgehead atoms. The predicted molar refractivity (Wildman–Crippen MR) is 97.5 cm³/mol. The van der Waals surface area contributed by atoms with Crippen LogP contribution in [0.2, 0.25) is 0 Å². The van der Waals surface area contributed by atoms with Crippen LogP contribution < -0.4 is 4.90 Å². The number of ether oxygens (including phenoxy) is 2. The Morgan fingerprint density at radius 3 is 3.04 bits per heavy atom. The van der Waals surface area contributed by atoms with E-state index < -0.39 is 0 Å². The van der Waals surface area contributed by atoms with Crippen LogP contribution >= 0.6 is 0 Å². The minimum atomic E-state index is -0.0663. The third kappa shape index (κ3) is 4.45. The van der Waals surface area contributed by atoms with Crippen molar-refractivity contribution >= 4 is 11.7 Å². The van der Waals surface area contributed by atoms with Crippen molar-refractivity contribution in [2.45, 2.75) is 32.9 Å². The van der Waals surface area contributed by atoms with E-state index in [2.05, 4.69) is 31.3 Å². The monoisotopic (exact) mass is 388 g/mol. The Labute approximate surface area is 162 Å². The van der Waals surface area contributed by atoms with Gasteiger partial charge in [-0.25, -0.2) is 0 Å². The average Bonchev–Trinajstić information content (AvgIpc) is 2.95. The van der Waals surface area contributed by atoms with Gasteiger partial charge in [-0.15, -0.1) is 5.10 Å². The Kier molecular flexibility index (Phi) is 5.77. The van der Waals surface area contributed by atoms with Crippen LogP contribution in [-0.4, -0.2) is 70.6 Å². The summed E-state index contributed by atoms with van der Waals surface area (Å²) in [5.74, 6) is 1.70. The van der Waals surface area contributed by atoms with Gasteiger partial charge in [0.25, 0.3) is 5.89 Å². The van der Waals surface area contributed by atoms with Gasteiger partial charge in [0.1, 0.15) is 13.2 Å². The second-order valence-corrected chi connectivity index (χ2v) is 6.92. The van der Waals surface area contributed by atoms with Crippen LogP contribution in [0.25, 0.3) is 0 Å². The molecule has 10 heteroatoms. The van der Waals surface area contributed by atoms with Crippen molar-refractivity contribution in [3.05, 3.63) is 29.0 Å². The maximum absolute atomic E-state index is 12.5. The van der Waals surface area contributed by atoms with Crippen molar-refractivity contribution in [3.63, 3.8) is 0 Å². The van der Waals surface area contributed by atoms with Crippen molar-refractivity contribution < 1.29 is 18.8 Å². The third-order valence-corrected chi connectivity index (χ3v) is 4.85. The number of carbonyl (C=O) groups excluding carboxylic acids is 1. The first kappa shape index (κ1) is 18.8. The van der Waals surface area contributed by atoms with E-state index in [1.807, 2.05) is 0 Å². The highest BCUT2D eigenvalue weighted by molar-refractivity contribution is 5.77. The second kappa shape index (κ2) is 8.61. The topological polar surface area (TPSA) is 107 Å². The van der Waals surface area contributed by atoms with Crippen LogP contribution in [0, 0.1) is 6.92 Å². The summed E-state index contributed by atoms with van der Waals surface area (Å²) < 4.78 is 15.9. The fourth-order valence-corrected chi connectivity index (χ4v) is 3.38. The third-order valence-electron chi connectivity index (χ3n) is 4.85. The molecule has 28 heavy (non-hydrogen) atoms. The van der Waals surface area contributed by atoms with Crippen LogP contribution in [0.5, 0.6) is 0 Å². The SMILES string of the molecule is Cc1noc(COCC(=O)N2CCc3nnc(N4CCCOCC4)cc3C2)n1. The summed E-state index contributed by atoms with van der Waals surface area (Å²) in [6.07, 6.45) is 1.67. The zero-order chi connectivity index (χ0) is 19.3. The van der Waals surface area contributed by atoms with Crippen molar-refractivity contribution in [2.75, 3.05) is 44.4 Å². The number of aromatic nitrogens is 4. The van der Waals surface area contributed by atoms with Gasteiger partial charge in [0.15, 0.2) is 11.6 Å².